The molecule has 0 aliphatic heterocycles. The highest BCUT2D eigenvalue weighted by Gasteiger charge is 2.01. The van der Waals surface area contributed by atoms with Gasteiger partial charge in [0.25, 0.3) is 0 Å². The number of hydrogen-bond acceptors (Lipinski definition) is 4. The van der Waals surface area contributed by atoms with E-state index in [9.17, 15) is 0 Å². The fraction of sp³-hybridized carbons (Fsp3) is 0.250. The Morgan fingerprint density at radius 3 is 2.15 bits per heavy atom. The van der Waals surface area contributed by atoms with E-state index in [1.54, 1.807) is 18.2 Å². The van der Waals surface area contributed by atoms with Crippen molar-refractivity contribution in [3.05, 3.63) is 42.5 Å². The molecule has 0 heterocycles. The summed E-state index contributed by atoms with van der Waals surface area (Å²) >= 11 is 0. The van der Waals surface area contributed by atoms with Crippen LogP contribution in [0, 0.1) is 0 Å². The summed E-state index contributed by atoms with van der Waals surface area (Å²) in [5.41, 5.74) is 12.5. The van der Waals surface area contributed by atoms with Gasteiger partial charge in [-0.05, 0) is 42.8 Å². The maximum atomic E-state index is 5.74. The molecule has 0 saturated heterocycles. The van der Waals surface area contributed by atoms with Gasteiger partial charge in [-0.2, -0.15) is 0 Å². The third-order valence-electron chi connectivity index (χ3n) is 2.88. The minimum absolute atomic E-state index is 0.516. The van der Waals surface area contributed by atoms with Gasteiger partial charge in [0.1, 0.15) is 17.2 Å². The van der Waals surface area contributed by atoms with Gasteiger partial charge in [0.15, 0.2) is 0 Å². The highest BCUT2D eigenvalue weighted by atomic mass is 16.5. The molecule has 0 amide bonds. The molecule has 0 saturated carbocycles. The molecule has 2 rings (SSSR count). The van der Waals surface area contributed by atoms with Crippen molar-refractivity contribution in [2.75, 3.05) is 18.1 Å². The lowest BCUT2D eigenvalue weighted by Gasteiger charge is -2.09. The van der Waals surface area contributed by atoms with Crippen molar-refractivity contribution in [1.82, 2.24) is 0 Å². The summed E-state index contributed by atoms with van der Waals surface area (Å²) < 4.78 is 11.3. The van der Waals surface area contributed by atoms with Gasteiger partial charge < -0.3 is 20.9 Å². The Labute approximate surface area is 119 Å². The zero-order valence-corrected chi connectivity index (χ0v) is 11.6. The van der Waals surface area contributed by atoms with Gasteiger partial charge in [-0.1, -0.05) is 13.3 Å². The first-order chi connectivity index (χ1) is 9.69. The first-order valence-corrected chi connectivity index (χ1v) is 6.74. The summed E-state index contributed by atoms with van der Waals surface area (Å²) in [6, 6.07) is 12.8. The second-order valence-electron chi connectivity index (χ2n) is 4.57. The van der Waals surface area contributed by atoms with Gasteiger partial charge in [0.2, 0.25) is 0 Å². The van der Waals surface area contributed by atoms with Crippen molar-refractivity contribution in [2.45, 2.75) is 19.8 Å². The molecule has 0 unspecified atom stereocenters. The van der Waals surface area contributed by atoms with Crippen LogP contribution < -0.4 is 20.9 Å². The van der Waals surface area contributed by atoms with Gasteiger partial charge in [-0.3, -0.25) is 0 Å². The highest BCUT2D eigenvalue weighted by molar-refractivity contribution is 5.65. The van der Waals surface area contributed by atoms with Crippen molar-refractivity contribution in [1.29, 1.82) is 0 Å². The van der Waals surface area contributed by atoms with Crippen molar-refractivity contribution in [3.63, 3.8) is 0 Å². The van der Waals surface area contributed by atoms with E-state index in [4.69, 9.17) is 20.9 Å². The van der Waals surface area contributed by atoms with Gasteiger partial charge >= 0.3 is 0 Å². The zero-order valence-electron chi connectivity index (χ0n) is 11.6. The number of nitrogen functional groups attached to an aromatic ring is 2. The van der Waals surface area contributed by atoms with Crippen molar-refractivity contribution in [2.24, 2.45) is 0 Å². The second kappa shape index (κ2) is 6.70. The molecule has 4 heteroatoms. The fourth-order valence-corrected chi connectivity index (χ4v) is 1.69. The summed E-state index contributed by atoms with van der Waals surface area (Å²) in [5, 5.41) is 0. The van der Waals surface area contributed by atoms with Crippen LogP contribution in [0.2, 0.25) is 0 Å². The SMILES string of the molecule is CCCCOc1ccc(Oc2ccc(N)c(N)c2)cc1. The van der Waals surface area contributed by atoms with E-state index < -0.39 is 0 Å². The number of unbranched alkanes of at least 4 members (excludes halogenated alkanes) is 1. The van der Waals surface area contributed by atoms with Gasteiger partial charge in [0.05, 0.1) is 18.0 Å². The molecule has 0 fully saturated rings. The number of anilines is 2. The third-order valence-corrected chi connectivity index (χ3v) is 2.88. The Morgan fingerprint density at radius 2 is 1.50 bits per heavy atom. The smallest absolute Gasteiger partial charge is 0.129 e. The summed E-state index contributed by atoms with van der Waals surface area (Å²) in [6.07, 6.45) is 2.18. The van der Waals surface area contributed by atoms with Crippen LogP contribution >= 0.6 is 0 Å². The molecule has 0 aromatic heterocycles. The molecule has 4 N–H and O–H groups in total. The monoisotopic (exact) mass is 272 g/mol. The molecule has 2 aromatic carbocycles. The molecule has 0 aliphatic rings. The standard InChI is InChI=1S/C16H20N2O2/c1-2-3-10-19-12-4-6-13(7-5-12)20-14-8-9-15(17)16(18)11-14/h4-9,11H,2-3,10,17-18H2,1H3. The summed E-state index contributed by atoms with van der Waals surface area (Å²) in [6.45, 7) is 2.88. The normalized spacial score (nSPS) is 10.2. The number of benzene rings is 2. The Morgan fingerprint density at radius 1 is 0.850 bits per heavy atom. The van der Waals surface area contributed by atoms with Crippen molar-refractivity contribution in [3.8, 4) is 17.2 Å². The van der Waals surface area contributed by atoms with Crippen LogP contribution in [0.5, 0.6) is 17.2 Å². The first kappa shape index (κ1) is 14.1. The van der Waals surface area contributed by atoms with E-state index in [-0.39, 0.29) is 0 Å². The number of hydrogen-bond donors (Lipinski definition) is 2. The predicted octanol–water partition coefficient (Wildman–Crippen LogP) is 3.82. The molecular weight excluding hydrogens is 252 g/mol. The Kier molecular flexibility index (Phi) is 4.71. The van der Waals surface area contributed by atoms with E-state index in [1.807, 2.05) is 24.3 Å². The van der Waals surface area contributed by atoms with Crippen molar-refractivity contribution >= 4 is 11.4 Å². The number of nitrogens with two attached hydrogens (primary N) is 2. The topological polar surface area (TPSA) is 70.5 Å². The van der Waals surface area contributed by atoms with Crippen LogP contribution in [-0.2, 0) is 0 Å². The van der Waals surface area contributed by atoms with Crippen LogP contribution in [-0.4, -0.2) is 6.61 Å². The molecule has 20 heavy (non-hydrogen) atoms. The van der Waals surface area contributed by atoms with E-state index in [2.05, 4.69) is 6.92 Å². The molecule has 0 bridgehead atoms. The Hall–Kier alpha value is -2.36. The summed E-state index contributed by atoms with van der Waals surface area (Å²) in [5.74, 6) is 2.25. The predicted molar refractivity (Wildman–Crippen MR) is 82.2 cm³/mol. The van der Waals surface area contributed by atoms with E-state index in [0.717, 1.165) is 30.9 Å². The minimum Gasteiger partial charge on any atom is -0.494 e. The lowest BCUT2D eigenvalue weighted by Crippen LogP contribution is -1.96. The molecule has 106 valence electrons. The van der Waals surface area contributed by atoms with Crippen LogP contribution in [0.15, 0.2) is 42.5 Å². The highest BCUT2D eigenvalue weighted by Crippen LogP contribution is 2.27. The van der Waals surface area contributed by atoms with Crippen LogP contribution in [0.4, 0.5) is 11.4 Å². The Bertz CT molecular complexity index is 553. The van der Waals surface area contributed by atoms with Crippen LogP contribution in [0.25, 0.3) is 0 Å². The molecule has 0 aliphatic carbocycles. The minimum atomic E-state index is 0.516. The summed E-state index contributed by atoms with van der Waals surface area (Å²) in [4.78, 5) is 0. The molecule has 2 aromatic rings. The lowest BCUT2D eigenvalue weighted by molar-refractivity contribution is 0.309. The average molecular weight is 272 g/mol. The molecule has 0 atom stereocenters. The molecular formula is C16H20N2O2. The van der Waals surface area contributed by atoms with Crippen LogP contribution in [0.1, 0.15) is 19.8 Å². The quantitative estimate of drug-likeness (QED) is 0.619. The Balaban J connectivity index is 1.97. The van der Waals surface area contributed by atoms with Gasteiger partial charge in [-0.15, -0.1) is 0 Å². The summed E-state index contributed by atoms with van der Waals surface area (Å²) in [7, 11) is 0. The maximum Gasteiger partial charge on any atom is 0.129 e. The molecule has 0 spiro atoms. The fourth-order valence-electron chi connectivity index (χ4n) is 1.69. The lowest BCUT2D eigenvalue weighted by atomic mass is 10.2. The second-order valence-corrected chi connectivity index (χ2v) is 4.57. The van der Waals surface area contributed by atoms with E-state index >= 15 is 0 Å². The van der Waals surface area contributed by atoms with Crippen molar-refractivity contribution < 1.29 is 9.47 Å². The maximum absolute atomic E-state index is 5.74. The number of ether oxygens (including phenoxy) is 2. The molecule has 0 radical (unpaired) electrons. The van der Waals surface area contributed by atoms with Gasteiger partial charge in [-0.25, -0.2) is 0 Å². The van der Waals surface area contributed by atoms with Gasteiger partial charge in [0, 0.05) is 6.07 Å². The average Bonchev–Trinajstić information content (AvgIpc) is 2.45. The third kappa shape index (κ3) is 3.82. The molecule has 4 nitrogen and oxygen atoms in total. The first-order valence-electron chi connectivity index (χ1n) is 6.74. The number of rotatable bonds is 6. The largest absolute Gasteiger partial charge is 0.494 e. The van der Waals surface area contributed by atoms with E-state index in [1.165, 1.54) is 0 Å². The van der Waals surface area contributed by atoms with E-state index in [0.29, 0.717) is 17.1 Å². The zero-order chi connectivity index (χ0) is 14.4. The van der Waals surface area contributed by atoms with Crippen LogP contribution in [0.3, 0.4) is 0 Å².